The fraction of sp³-hybridized carbons (Fsp3) is 0.524. The maximum absolute atomic E-state index is 13.0. The zero-order valence-corrected chi connectivity index (χ0v) is 16.5. The molecule has 1 saturated heterocycles. The Balaban J connectivity index is 1.32. The molecular weight excluding hydrogens is 368 g/mol. The molecule has 2 bridgehead atoms. The van der Waals surface area contributed by atoms with Crippen LogP contribution in [-0.2, 0) is 11.8 Å². The minimum Gasteiger partial charge on any atom is -0.396 e. The Kier molecular flexibility index (Phi) is 4.58. The molecule has 8 heteroatoms. The SMILES string of the molecule is Cn1cc(Nc2nccc(C3=CC4CCC(C3)N4C(=O)C3CC(CO)C3)n2)cn1. The van der Waals surface area contributed by atoms with E-state index in [1.54, 1.807) is 17.1 Å². The highest BCUT2D eigenvalue weighted by molar-refractivity contribution is 5.82. The summed E-state index contributed by atoms with van der Waals surface area (Å²) in [7, 11) is 1.87. The molecule has 2 fully saturated rings. The van der Waals surface area contributed by atoms with E-state index in [9.17, 15) is 9.90 Å². The molecule has 1 aliphatic carbocycles. The van der Waals surface area contributed by atoms with Gasteiger partial charge in [-0.1, -0.05) is 6.08 Å². The fourth-order valence-electron chi connectivity index (χ4n) is 4.87. The Bertz CT molecular complexity index is 948. The summed E-state index contributed by atoms with van der Waals surface area (Å²) in [5.74, 6) is 1.23. The Morgan fingerprint density at radius 2 is 2.21 bits per heavy atom. The first-order valence-corrected chi connectivity index (χ1v) is 10.3. The molecule has 5 rings (SSSR count). The van der Waals surface area contributed by atoms with Crippen LogP contribution in [0.5, 0.6) is 0 Å². The number of aliphatic hydroxyl groups is 1. The van der Waals surface area contributed by atoms with Crippen molar-refractivity contribution in [1.29, 1.82) is 0 Å². The van der Waals surface area contributed by atoms with Crippen LogP contribution in [0, 0.1) is 11.8 Å². The summed E-state index contributed by atoms with van der Waals surface area (Å²) >= 11 is 0. The van der Waals surface area contributed by atoms with E-state index in [2.05, 4.69) is 26.4 Å². The Morgan fingerprint density at radius 1 is 1.34 bits per heavy atom. The van der Waals surface area contributed by atoms with Gasteiger partial charge >= 0.3 is 0 Å². The van der Waals surface area contributed by atoms with Crippen molar-refractivity contribution in [2.75, 3.05) is 11.9 Å². The Labute approximate surface area is 169 Å². The van der Waals surface area contributed by atoms with E-state index >= 15 is 0 Å². The summed E-state index contributed by atoms with van der Waals surface area (Å²) in [5, 5.41) is 16.6. The van der Waals surface area contributed by atoms with Gasteiger partial charge in [0.25, 0.3) is 0 Å². The molecule has 8 nitrogen and oxygen atoms in total. The number of fused-ring (bicyclic) bond motifs is 2. The number of aromatic nitrogens is 4. The molecule has 3 aliphatic rings. The topological polar surface area (TPSA) is 96.2 Å². The van der Waals surface area contributed by atoms with Crippen molar-refractivity contribution in [3.8, 4) is 0 Å². The quantitative estimate of drug-likeness (QED) is 0.806. The summed E-state index contributed by atoms with van der Waals surface area (Å²) in [6, 6.07) is 2.36. The highest BCUT2D eigenvalue weighted by Crippen LogP contribution is 2.42. The first-order chi connectivity index (χ1) is 14.1. The van der Waals surface area contributed by atoms with E-state index in [0.717, 1.165) is 43.5 Å². The highest BCUT2D eigenvalue weighted by atomic mass is 16.3. The molecule has 0 radical (unpaired) electrons. The first kappa shape index (κ1) is 18.3. The van der Waals surface area contributed by atoms with Crippen molar-refractivity contribution in [3.05, 3.63) is 36.4 Å². The van der Waals surface area contributed by atoms with Gasteiger partial charge in [-0.15, -0.1) is 0 Å². The second-order valence-electron chi connectivity index (χ2n) is 8.45. The van der Waals surface area contributed by atoms with E-state index < -0.39 is 0 Å². The van der Waals surface area contributed by atoms with Crippen molar-refractivity contribution < 1.29 is 9.90 Å². The lowest BCUT2D eigenvalue weighted by Gasteiger charge is -2.41. The van der Waals surface area contributed by atoms with E-state index in [1.807, 2.05) is 19.3 Å². The van der Waals surface area contributed by atoms with Gasteiger partial charge in [0.1, 0.15) is 0 Å². The smallest absolute Gasteiger partial charge is 0.227 e. The van der Waals surface area contributed by atoms with E-state index in [0.29, 0.717) is 11.9 Å². The zero-order chi connectivity index (χ0) is 20.0. The third-order valence-corrected chi connectivity index (χ3v) is 6.44. The molecule has 1 amide bonds. The number of carbonyl (C=O) groups is 1. The number of aryl methyl sites for hydroxylation is 1. The van der Waals surface area contributed by atoms with E-state index in [1.165, 1.54) is 5.57 Å². The molecule has 2 unspecified atom stereocenters. The average Bonchev–Trinajstić information content (AvgIpc) is 3.20. The molecule has 152 valence electrons. The van der Waals surface area contributed by atoms with Crippen molar-refractivity contribution in [3.63, 3.8) is 0 Å². The molecule has 2 aromatic rings. The van der Waals surface area contributed by atoms with Crippen LogP contribution in [0.25, 0.3) is 5.57 Å². The molecular formula is C21H26N6O2. The van der Waals surface area contributed by atoms with Crippen LogP contribution in [0.15, 0.2) is 30.7 Å². The van der Waals surface area contributed by atoms with Gasteiger partial charge in [0, 0.05) is 38.0 Å². The molecule has 2 atom stereocenters. The van der Waals surface area contributed by atoms with Gasteiger partial charge in [-0.3, -0.25) is 9.48 Å². The number of nitrogens with zero attached hydrogens (tertiary/aromatic N) is 5. The molecule has 1 saturated carbocycles. The Hall–Kier alpha value is -2.74. The molecule has 2 N–H and O–H groups in total. The summed E-state index contributed by atoms with van der Waals surface area (Å²) in [4.78, 5) is 24.1. The van der Waals surface area contributed by atoms with Gasteiger partial charge in [0.15, 0.2) is 0 Å². The third kappa shape index (κ3) is 3.42. The number of rotatable bonds is 5. The predicted octanol–water partition coefficient (Wildman–Crippen LogP) is 2.12. The normalized spacial score (nSPS) is 28.1. The van der Waals surface area contributed by atoms with Crippen molar-refractivity contribution in [1.82, 2.24) is 24.6 Å². The van der Waals surface area contributed by atoms with E-state index in [4.69, 9.17) is 4.98 Å². The van der Waals surface area contributed by atoms with Crippen LogP contribution in [-0.4, -0.2) is 54.4 Å². The van der Waals surface area contributed by atoms with E-state index in [-0.39, 0.29) is 30.5 Å². The second kappa shape index (κ2) is 7.26. The minimum absolute atomic E-state index is 0.0968. The lowest BCUT2D eigenvalue weighted by atomic mass is 9.74. The van der Waals surface area contributed by atoms with Crippen LogP contribution >= 0.6 is 0 Å². The van der Waals surface area contributed by atoms with Crippen LogP contribution in [0.3, 0.4) is 0 Å². The fourth-order valence-corrected chi connectivity index (χ4v) is 4.87. The minimum atomic E-state index is 0.0968. The number of amides is 1. The number of carbonyl (C=O) groups excluding carboxylic acids is 1. The number of nitrogens with one attached hydrogen (secondary N) is 1. The van der Waals surface area contributed by atoms with Crippen molar-refractivity contribution in [2.45, 2.75) is 44.2 Å². The van der Waals surface area contributed by atoms with Crippen molar-refractivity contribution in [2.24, 2.45) is 18.9 Å². The van der Waals surface area contributed by atoms with Gasteiger partial charge in [-0.2, -0.15) is 5.10 Å². The lowest BCUT2D eigenvalue weighted by molar-refractivity contribution is -0.142. The maximum atomic E-state index is 13.0. The first-order valence-electron chi connectivity index (χ1n) is 10.3. The molecule has 0 spiro atoms. The number of hydrogen-bond acceptors (Lipinski definition) is 6. The molecule has 0 aromatic carbocycles. The van der Waals surface area contributed by atoms with Crippen LogP contribution in [0.2, 0.25) is 0 Å². The van der Waals surface area contributed by atoms with Gasteiger partial charge < -0.3 is 15.3 Å². The number of anilines is 2. The lowest BCUT2D eigenvalue weighted by Crippen LogP contribution is -2.49. The van der Waals surface area contributed by atoms with Crippen molar-refractivity contribution >= 4 is 23.1 Å². The molecule has 29 heavy (non-hydrogen) atoms. The molecule has 4 heterocycles. The summed E-state index contributed by atoms with van der Waals surface area (Å²) in [6.45, 7) is 0.198. The number of hydrogen-bond donors (Lipinski definition) is 2. The summed E-state index contributed by atoms with van der Waals surface area (Å²) < 4.78 is 1.73. The molecule has 2 aliphatic heterocycles. The standard InChI is InChI=1S/C21H26N6O2/c1-26-11-16(10-23-26)24-21-22-5-4-19(25-21)14-8-17-2-3-18(9-14)27(17)20(29)15-6-13(7-15)12-28/h4-5,8,10-11,13,15,17-18,28H,2-3,6-7,9,12H2,1H3,(H,22,24,25). The summed E-state index contributed by atoms with van der Waals surface area (Å²) in [5.41, 5.74) is 2.96. The second-order valence-corrected chi connectivity index (χ2v) is 8.45. The Morgan fingerprint density at radius 3 is 2.93 bits per heavy atom. The molecule has 2 aromatic heterocycles. The zero-order valence-electron chi connectivity index (χ0n) is 16.5. The van der Waals surface area contributed by atoms with Gasteiger partial charge in [-0.25, -0.2) is 9.97 Å². The number of aliphatic hydroxyl groups excluding tert-OH is 1. The maximum Gasteiger partial charge on any atom is 0.227 e. The van der Waals surface area contributed by atoms with Crippen LogP contribution in [0.4, 0.5) is 11.6 Å². The summed E-state index contributed by atoms with van der Waals surface area (Å²) in [6.07, 6.45) is 12.2. The van der Waals surface area contributed by atoms with Gasteiger partial charge in [0.05, 0.1) is 23.6 Å². The van der Waals surface area contributed by atoms with Crippen LogP contribution in [0.1, 0.15) is 37.8 Å². The monoisotopic (exact) mass is 394 g/mol. The van der Waals surface area contributed by atoms with Gasteiger partial charge in [-0.05, 0) is 49.7 Å². The average molecular weight is 394 g/mol. The largest absolute Gasteiger partial charge is 0.396 e. The van der Waals surface area contributed by atoms with Gasteiger partial charge in [0.2, 0.25) is 11.9 Å². The third-order valence-electron chi connectivity index (χ3n) is 6.44. The predicted molar refractivity (Wildman–Crippen MR) is 108 cm³/mol. The highest BCUT2D eigenvalue weighted by Gasteiger charge is 2.45. The van der Waals surface area contributed by atoms with Crippen LogP contribution < -0.4 is 5.32 Å².